The fourth-order valence-electron chi connectivity index (χ4n) is 2.60. The van der Waals surface area contributed by atoms with E-state index >= 15 is 0 Å². The van der Waals surface area contributed by atoms with E-state index in [0.717, 1.165) is 34.5 Å². The van der Waals surface area contributed by atoms with Crippen molar-refractivity contribution in [2.24, 2.45) is 7.05 Å². The average molecular weight is 380 g/mol. The second-order valence-corrected chi connectivity index (χ2v) is 6.04. The van der Waals surface area contributed by atoms with Crippen LogP contribution in [0.3, 0.4) is 0 Å². The molecule has 3 rings (SSSR count). The molecule has 1 N–H and O–H groups in total. The van der Waals surface area contributed by atoms with Crippen LogP contribution in [0.4, 0.5) is 14.5 Å². The van der Waals surface area contributed by atoms with Gasteiger partial charge in [-0.2, -0.15) is 14.9 Å². The third-order valence-corrected chi connectivity index (χ3v) is 4.22. The summed E-state index contributed by atoms with van der Waals surface area (Å²) < 4.78 is 29.4. The van der Waals surface area contributed by atoms with Crippen LogP contribution in [-0.4, -0.2) is 19.6 Å². The zero-order valence-electron chi connectivity index (χ0n) is 14.1. The number of halogens is 3. The predicted octanol–water partition coefficient (Wildman–Crippen LogP) is 3.07. The van der Waals surface area contributed by atoms with Gasteiger partial charge >= 0.3 is 0 Å². The fourth-order valence-corrected chi connectivity index (χ4v) is 2.80. The van der Waals surface area contributed by atoms with Crippen LogP contribution < -0.4 is 10.9 Å². The minimum Gasteiger partial charge on any atom is -0.378 e. The molecule has 0 aliphatic carbocycles. The quantitative estimate of drug-likeness (QED) is 0.740. The van der Waals surface area contributed by atoms with Gasteiger partial charge in [-0.25, -0.2) is 8.78 Å². The molecule has 136 valence electrons. The molecule has 0 saturated carbocycles. The second-order valence-electron chi connectivity index (χ2n) is 5.67. The van der Waals surface area contributed by atoms with Crippen LogP contribution in [0.15, 0.2) is 35.4 Å². The molecule has 26 heavy (non-hydrogen) atoms. The van der Waals surface area contributed by atoms with Crippen molar-refractivity contribution < 1.29 is 8.78 Å². The van der Waals surface area contributed by atoms with E-state index in [1.807, 2.05) is 20.2 Å². The van der Waals surface area contributed by atoms with Gasteiger partial charge in [-0.15, -0.1) is 0 Å². The van der Waals surface area contributed by atoms with Gasteiger partial charge in [-0.3, -0.25) is 9.48 Å². The number of aromatic nitrogens is 4. The van der Waals surface area contributed by atoms with Crippen LogP contribution in [0.25, 0.3) is 5.69 Å². The smallest absolute Gasteiger partial charge is 0.292 e. The molecule has 0 unspecified atom stereocenters. The summed E-state index contributed by atoms with van der Waals surface area (Å²) in [5, 5.41) is 11.2. The number of hydrogen-bond acceptors (Lipinski definition) is 4. The Bertz CT molecular complexity index is 1010. The van der Waals surface area contributed by atoms with E-state index in [4.69, 9.17) is 11.6 Å². The van der Waals surface area contributed by atoms with Gasteiger partial charge in [-0.05, 0) is 18.6 Å². The van der Waals surface area contributed by atoms with Gasteiger partial charge in [0.25, 0.3) is 5.56 Å². The number of anilines is 1. The summed E-state index contributed by atoms with van der Waals surface area (Å²) in [5.74, 6) is -1.65. The molecule has 3 aromatic rings. The van der Waals surface area contributed by atoms with Gasteiger partial charge in [0.1, 0.15) is 16.5 Å². The van der Waals surface area contributed by atoms with E-state index in [2.05, 4.69) is 15.5 Å². The standard InChI is InChI=1S/C17H16ClF2N5O/c1-3-13-10(9-24(2)23-13)7-21-14-8-22-25(17(26)16(14)18)15-5-4-11(19)6-12(15)20/h4-6,8-9,21H,3,7H2,1-2H3. The van der Waals surface area contributed by atoms with E-state index in [1.54, 1.807) is 4.68 Å². The maximum atomic E-state index is 13.9. The van der Waals surface area contributed by atoms with Gasteiger partial charge in [-0.1, -0.05) is 18.5 Å². The minimum absolute atomic E-state index is 0.134. The monoisotopic (exact) mass is 379 g/mol. The van der Waals surface area contributed by atoms with E-state index in [0.29, 0.717) is 18.3 Å². The normalized spacial score (nSPS) is 11.0. The lowest BCUT2D eigenvalue weighted by molar-refractivity contribution is 0.571. The summed E-state index contributed by atoms with van der Waals surface area (Å²) in [6.07, 6.45) is 3.98. The number of benzene rings is 1. The summed E-state index contributed by atoms with van der Waals surface area (Å²) in [7, 11) is 1.83. The lowest BCUT2D eigenvalue weighted by atomic mass is 10.2. The van der Waals surface area contributed by atoms with Crippen LogP contribution in [0.2, 0.25) is 5.02 Å². The Labute approximate surface area is 153 Å². The van der Waals surface area contributed by atoms with Crippen molar-refractivity contribution in [2.45, 2.75) is 19.9 Å². The van der Waals surface area contributed by atoms with Crippen molar-refractivity contribution in [3.8, 4) is 5.69 Å². The van der Waals surface area contributed by atoms with E-state index in [1.165, 1.54) is 6.20 Å². The van der Waals surface area contributed by atoms with Gasteiger partial charge in [0, 0.05) is 31.4 Å². The van der Waals surface area contributed by atoms with Gasteiger partial charge in [0.15, 0.2) is 5.82 Å². The summed E-state index contributed by atoms with van der Waals surface area (Å²) in [6, 6.07) is 2.85. The zero-order chi connectivity index (χ0) is 18.8. The predicted molar refractivity (Wildman–Crippen MR) is 94.7 cm³/mol. The maximum absolute atomic E-state index is 13.9. The molecule has 2 heterocycles. The largest absolute Gasteiger partial charge is 0.378 e. The summed E-state index contributed by atoms with van der Waals surface area (Å²) in [4.78, 5) is 12.4. The SMILES string of the molecule is CCc1nn(C)cc1CNc1cnn(-c2ccc(F)cc2F)c(=O)c1Cl. The molecule has 6 nitrogen and oxygen atoms in total. The fraction of sp³-hybridized carbons (Fsp3) is 0.235. The Morgan fingerprint density at radius 2 is 2.08 bits per heavy atom. The molecular formula is C17H16ClF2N5O. The Balaban J connectivity index is 1.89. The van der Waals surface area contributed by atoms with Crippen LogP contribution in [0, 0.1) is 11.6 Å². The summed E-state index contributed by atoms with van der Waals surface area (Å²) in [5.41, 5.74) is 1.35. The second kappa shape index (κ2) is 7.25. The van der Waals surface area contributed by atoms with Crippen molar-refractivity contribution in [3.63, 3.8) is 0 Å². The van der Waals surface area contributed by atoms with Crippen LogP contribution in [0.1, 0.15) is 18.2 Å². The third kappa shape index (κ3) is 3.45. The molecule has 0 aliphatic rings. The minimum atomic E-state index is -0.903. The molecule has 0 aliphatic heterocycles. The first-order valence-corrected chi connectivity index (χ1v) is 8.27. The maximum Gasteiger partial charge on any atom is 0.292 e. The van der Waals surface area contributed by atoms with E-state index in [9.17, 15) is 13.6 Å². The van der Waals surface area contributed by atoms with Gasteiger partial charge in [0.2, 0.25) is 0 Å². The van der Waals surface area contributed by atoms with Crippen molar-refractivity contribution >= 4 is 17.3 Å². The van der Waals surface area contributed by atoms with Crippen molar-refractivity contribution in [1.82, 2.24) is 19.6 Å². The average Bonchev–Trinajstić information content (AvgIpc) is 2.97. The van der Waals surface area contributed by atoms with E-state index < -0.39 is 17.2 Å². The molecule has 0 amide bonds. The molecule has 9 heteroatoms. The molecule has 2 aromatic heterocycles. The first-order valence-electron chi connectivity index (χ1n) is 7.89. The summed E-state index contributed by atoms with van der Waals surface area (Å²) >= 11 is 6.12. The van der Waals surface area contributed by atoms with E-state index in [-0.39, 0.29) is 10.7 Å². The third-order valence-electron chi connectivity index (χ3n) is 3.85. The molecular weight excluding hydrogens is 364 g/mol. The lowest BCUT2D eigenvalue weighted by Crippen LogP contribution is -2.23. The molecule has 0 fully saturated rings. The number of nitrogens with one attached hydrogen (secondary N) is 1. The molecule has 0 radical (unpaired) electrons. The van der Waals surface area contributed by atoms with Crippen LogP contribution >= 0.6 is 11.6 Å². The lowest BCUT2D eigenvalue weighted by Gasteiger charge is -2.11. The Hall–Kier alpha value is -2.74. The van der Waals surface area contributed by atoms with Crippen molar-refractivity contribution in [1.29, 1.82) is 0 Å². The number of rotatable bonds is 5. The van der Waals surface area contributed by atoms with Crippen LogP contribution in [-0.2, 0) is 20.0 Å². The molecule has 0 saturated heterocycles. The number of nitrogens with zero attached hydrogens (tertiary/aromatic N) is 4. The highest BCUT2D eigenvalue weighted by atomic mass is 35.5. The molecule has 0 bridgehead atoms. The first-order chi connectivity index (χ1) is 12.4. The van der Waals surface area contributed by atoms with Gasteiger partial charge < -0.3 is 5.32 Å². The Kier molecular flexibility index (Phi) is 5.03. The highest BCUT2D eigenvalue weighted by Gasteiger charge is 2.15. The molecule has 0 atom stereocenters. The Morgan fingerprint density at radius 3 is 2.77 bits per heavy atom. The van der Waals surface area contributed by atoms with Crippen LogP contribution in [0.5, 0.6) is 0 Å². The number of hydrogen-bond donors (Lipinski definition) is 1. The molecule has 0 spiro atoms. The summed E-state index contributed by atoms with van der Waals surface area (Å²) in [6.45, 7) is 2.41. The highest BCUT2D eigenvalue weighted by Crippen LogP contribution is 2.20. The zero-order valence-corrected chi connectivity index (χ0v) is 14.9. The first kappa shape index (κ1) is 18.1. The Morgan fingerprint density at radius 1 is 1.31 bits per heavy atom. The van der Waals surface area contributed by atoms with Gasteiger partial charge in [0.05, 0.1) is 17.6 Å². The molecule has 1 aromatic carbocycles. The van der Waals surface area contributed by atoms with Crippen molar-refractivity contribution in [3.05, 3.63) is 68.9 Å². The van der Waals surface area contributed by atoms with Crippen molar-refractivity contribution in [2.75, 3.05) is 5.32 Å². The number of aryl methyl sites for hydroxylation is 2. The topological polar surface area (TPSA) is 64.7 Å². The highest BCUT2D eigenvalue weighted by molar-refractivity contribution is 6.32.